The molecule has 0 atom stereocenters. The van der Waals surface area contributed by atoms with E-state index < -0.39 is 0 Å². The molecule has 0 spiro atoms. The lowest BCUT2D eigenvalue weighted by Gasteiger charge is -2.04. The molecule has 0 saturated carbocycles. The molecule has 1 aromatic rings. The van der Waals surface area contributed by atoms with Crippen LogP contribution < -0.4 is 0 Å². The second kappa shape index (κ2) is 5.21. The maximum atomic E-state index is 10.8. The van der Waals surface area contributed by atoms with Crippen molar-refractivity contribution >= 4 is 6.21 Å². The summed E-state index contributed by atoms with van der Waals surface area (Å²) in [4.78, 5) is 14.6. The lowest BCUT2D eigenvalue weighted by molar-refractivity contribution is -0.421. The molecule has 1 aliphatic rings. The normalized spacial score (nSPS) is 15.5. The molecule has 2 rings (SSSR count). The summed E-state index contributed by atoms with van der Waals surface area (Å²) in [6.45, 7) is 0. The molecular formula is C13H12N2O2. The van der Waals surface area contributed by atoms with Gasteiger partial charge in [-0.3, -0.25) is 10.1 Å². The van der Waals surface area contributed by atoms with Crippen LogP contribution in [0.2, 0.25) is 0 Å². The van der Waals surface area contributed by atoms with Crippen LogP contribution in [0.25, 0.3) is 0 Å². The molecule has 86 valence electrons. The molecule has 1 aliphatic carbocycles. The van der Waals surface area contributed by atoms with Gasteiger partial charge in [0.15, 0.2) is 0 Å². The largest absolute Gasteiger partial charge is 0.290 e. The number of hydrogen-bond donors (Lipinski definition) is 0. The fourth-order valence-corrected chi connectivity index (χ4v) is 1.62. The fourth-order valence-electron chi connectivity index (χ4n) is 1.62. The molecule has 0 aromatic heterocycles. The van der Waals surface area contributed by atoms with E-state index in [0.29, 0.717) is 12.1 Å². The van der Waals surface area contributed by atoms with Crippen molar-refractivity contribution in [3.63, 3.8) is 0 Å². The van der Waals surface area contributed by atoms with E-state index in [1.54, 1.807) is 18.4 Å². The molecule has 0 radical (unpaired) electrons. The highest BCUT2D eigenvalue weighted by Gasteiger charge is 2.18. The molecule has 0 heterocycles. The molecule has 4 heteroatoms. The van der Waals surface area contributed by atoms with Gasteiger partial charge in [0.1, 0.15) is 5.70 Å². The molecule has 0 saturated heterocycles. The highest BCUT2D eigenvalue weighted by Crippen LogP contribution is 2.20. The third kappa shape index (κ3) is 2.87. The molecule has 0 bridgehead atoms. The molecule has 0 amide bonds. The Morgan fingerprint density at radius 1 is 1.18 bits per heavy atom. The Morgan fingerprint density at radius 3 is 2.59 bits per heavy atom. The van der Waals surface area contributed by atoms with Crippen LogP contribution in [0.5, 0.6) is 0 Å². The molecule has 17 heavy (non-hydrogen) atoms. The zero-order valence-corrected chi connectivity index (χ0v) is 9.24. The molecule has 0 fully saturated rings. The highest BCUT2D eigenvalue weighted by atomic mass is 16.6. The van der Waals surface area contributed by atoms with Crippen molar-refractivity contribution in [1.29, 1.82) is 0 Å². The SMILES string of the molecule is O=[N+]([O-])C1=CCCC=C1/N=C/c1ccccc1. The molecule has 0 N–H and O–H groups in total. The number of allylic oxidation sites excluding steroid dienone is 2. The van der Waals surface area contributed by atoms with Gasteiger partial charge in [0.05, 0.1) is 4.92 Å². The van der Waals surface area contributed by atoms with E-state index in [1.807, 2.05) is 30.3 Å². The fraction of sp³-hybridized carbons (Fsp3) is 0.154. The molecule has 1 aromatic carbocycles. The maximum Gasteiger partial charge on any atom is 0.290 e. The van der Waals surface area contributed by atoms with Crippen LogP contribution in [0, 0.1) is 10.1 Å². The lowest BCUT2D eigenvalue weighted by atomic mass is 10.1. The van der Waals surface area contributed by atoms with Gasteiger partial charge in [-0.1, -0.05) is 36.4 Å². The summed E-state index contributed by atoms with van der Waals surface area (Å²) >= 11 is 0. The van der Waals surface area contributed by atoms with Crippen molar-refractivity contribution in [1.82, 2.24) is 0 Å². The first-order valence-corrected chi connectivity index (χ1v) is 5.41. The minimum atomic E-state index is -0.382. The second-order valence-electron chi connectivity index (χ2n) is 3.68. The lowest BCUT2D eigenvalue weighted by Crippen LogP contribution is -2.04. The monoisotopic (exact) mass is 228 g/mol. The summed E-state index contributed by atoms with van der Waals surface area (Å²) < 4.78 is 0. The molecule has 0 unspecified atom stereocenters. The van der Waals surface area contributed by atoms with Crippen LogP contribution >= 0.6 is 0 Å². The van der Waals surface area contributed by atoms with Crippen molar-refractivity contribution in [2.75, 3.05) is 0 Å². The quantitative estimate of drug-likeness (QED) is 0.453. The Morgan fingerprint density at radius 2 is 1.88 bits per heavy atom. The Bertz CT molecular complexity index is 501. The third-order valence-electron chi connectivity index (χ3n) is 2.45. The summed E-state index contributed by atoms with van der Waals surface area (Å²) in [5.74, 6) is 0. The first-order chi connectivity index (χ1) is 8.27. The van der Waals surface area contributed by atoms with E-state index in [0.717, 1.165) is 12.0 Å². The summed E-state index contributed by atoms with van der Waals surface area (Å²) in [5, 5.41) is 10.8. The van der Waals surface area contributed by atoms with Gasteiger partial charge in [0, 0.05) is 6.21 Å². The molecule has 4 nitrogen and oxygen atoms in total. The van der Waals surface area contributed by atoms with Crippen LogP contribution in [-0.4, -0.2) is 11.1 Å². The predicted molar refractivity (Wildman–Crippen MR) is 66.4 cm³/mol. The summed E-state index contributed by atoms with van der Waals surface area (Å²) in [6, 6.07) is 9.53. The van der Waals surface area contributed by atoms with E-state index in [-0.39, 0.29) is 10.6 Å². The summed E-state index contributed by atoms with van der Waals surface area (Å²) in [5.41, 5.74) is 1.48. The second-order valence-corrected chi connectivity index (χ2v) is 3.68. The number of rotatable bonds is 3. The van der Waals surface area contributed by atoms with Gasteiger partial charge in [-0.25, -0.2) is 4.99 Å². The van der Waals surface area contributed by atoms with Crippen LogP contribution in [0.4, 0.5) is 0 Å². The van der Waals surface area contributed by atoms with E-state index in [9.17, 15) is 10.1 Å². The van der Waals surface area contributed by atoms with E-state index in [4.69, 9.17) is 0 Å². The van der Waals surface area contributed by atoms with Crippen molar-refractivity contribution in [3.8, 4) is 0 Å². The standard InChI is InChI=1S/C13H12N2O2/c16-15(17)13-9-5-4-8-12(13)14-10-11-6-2-1-3-7-11/h1-3,6-10H,4-5H2/b14-10+. The van der Waals surface area contributed by atoms with Crippen molar-refractivity contribution in [2.24, 2.45) is 4.99 Å². The Balaban J connectivity index is 2.18. The van der Waals surface area contributed by atoms with Crippen molar-refractivity contribution in [3.05, 3.63) is 69.6 Å². The zero-order valence-electron chi connectivity index (χ0n) is 9.24. The summed E-state index contributed by atoms with van der Waals surface area (Å²) in [7, 11) is 0. The van der Waals surface area contributed by atoms with Crippen molar-refractivity contribution in [2.45, 2.75) is 12.8 Å². The van der Waals surface area contributed by atoms with Gasteiger partial charge in [0.2, 0.25) is 0 Å². The Kier molecular flexibility index (Phi) is 3.45. The van der Waals surface area contributed by atoms with Crippen LogP contribution in [0.3, 0.4) is 0 Å². The Hall–Kier alpha value is -2.23. The van der Waals surface area contributed by atoms with Gasteiger partial charge in [-0.05, 0) is 24.5 Å². The number of hydrogen-bond acceptors (Lipinski definition) is 3. The number of aliphatic imine (C=N–C) groups is 1. The third-order valence-corrected chi connectivity index (χ3v) is 2.45. The van der Waals surface area contributed by atoms with Gasteiger partial charge >= 0.3 is 0 Å². The minimum Gasteiger partial charge on any atom is -0.258 e. The van der Waals surface area contributed by atoms with Gasteiger partial charge in [0.25, 0.3) is 5.70 Å². The number of benzene rings is 1. The zero-order chi connectivity index (χ0) is 12.1. The molecule has 0 aliphatic heterocycles. The number of nitro groups is 1. The number of nitrogens with zero attached hydrogens (tertiary/aromatic N) is 2. The van der Waals surface area contributed by atoms with Crippen LogP contribution in [0.15, 0.2) is 58.9 Å². The highest BCUT2D eigenvalue weighted by molar-refractivity contribution is 5.80. The summed E-state index contributed by atoms with van der Waals surface area (Å²) in [6.07, 6.45) is 6.59. The van der Waals surface area contributed by atoms with E-state index in [2.05, 4.69) is 4.99 Å². The Labute approximate surface area is 99.1 Å². The van der Waals surface area contributed by atoms with Gasteiger partial charge < -0.3 is 0 Å². The maximum absolute atomic E-state index is 10.8. The van der Waals surface area contributed by atoms with E-state index in [1.165, 1.54) is 0 Å². The minimum absolute atomic E-state index is 0.100. The van der Waals surface area contributed by atoms with Crippen LogP contribution in [0.1, 0.15) is 18.4 Å². The first-order valence-electron chi connectivity index (χ1n) is 5.41. The smallest absolute Gasteiger partial charge is 0.258 e. The average molecular weight is 228 g/mol. The first kappa shape index (κ1) is 11.3. The van der Waals surface area contributed by atoms with Gasteiger partial charge in [-0.2, -0.15) is 0 Å². The predicted octanol–water partition coefficient (Wildman–Crippen LogP) is 2.94. The van der Waals surface area contributed by atoms with E-state index >= 15 is 0 Å². The van der Waals surface area contributed by atoms with Crippen molar-refractivity contribution < 1.29 is 4.92 Å². The van der Waals surface area contributed by atoms with Gasteiger partial charge in [-0.15, -0.1) is 0 Å². The van der Waals surface area contributed by atoms with Crippen LogP contribution in [-0.2, 0) is 0 Å². The topological polar surface area (TPSA) is 55.5 Å². The average Bonchev–Trinajstić information content (AvgIpc) is 2.38. The molecular weight excluding hydrogens is 216 g/mol.